The van der Waals surface area contributed by atoms with Crippen molar-refractivity contribution in [2.24, 2.45) is 0 Å². The van der Waals surface area contributed by atoms with E-state index >= 15 is 0 Å². The van der Waals surface area contributed by atoms with E-state index in [0.717, 1.165) is 16.3 Å². The minimum atomic E-state index is 0.436. The third-order valence-electron chi connectivity index (χ3n) is 2.15. The molecule has 98 valence electrons. The second-order valence-corrected chi connectivity index (χ2v) is 4.09. The number of rotatable bonds is 5. The lowest BCUT2D eigenvalue weighted by Crippen LogP contribution is -2.04. The number of benzene rings is 1. The third kappa shape index (κ3) is 5.94. The van der Waals surface area contributed by atoms with Crippen molar-refractivity contribution in [3.05, 3.63) is 28.8 Å². The van der Waals surface area contributed by atoms with Crippen LogP contribution in [0.2, 0.25) is 5.02 Å². The third-order valence-corrected chi connectivity index (χ3v) is 2.48. The van der Waals surface area contributed by atoms with Crippen molar-refractivity contribution in [2.45, 2.75) is 33.6 Å². The van der Waals surface area contributed by atoms with Gasteiger partial charge in [0.2, 0.25) is 0 Å². The highest BCUT2D eigenvalue weighted by Crippen LogP contribution is 2.27. The van der Waals surface area contributed by atoms with Crippen LogP contribution in [0.15, 0.2) is 18.2 Å². The summed E-state index contributed by atoms with van der Waals surface area (Å²) < 4.78 is 10.4. The monoisotopic (exact) mass is 258 g/mol. The van der Waals surface area contributed by atoms with Crippen LogP contribution >= 0.6 is 11.6 Å². The minimum absolute atomic E-state index is 0.436. The van der Waals surface area contributed by atoms with Gasteiger partial charge in [0.05, 0.1) is 6.61 Å². The predicted molar refractivity (Wildman–Crippen MR) is 74.3 cm³/mol. The molecular weight excluding hydrogens is 236 g/mol. The van der Waals surface area contributed by atoms with Gasteiger partial charge in [-0.3, -0.25) is 0 Å². The first-order valence-electron chi connectivity index (χ1n) is 6.06. The molecule has 0 aliphatic carbocycles. The summed E-state index contributed by atoms with van der Waals surface area (Å²) >= 11 is 6.13. The number of ether oxygens (including phenoxy) is 2. The van der Waals surface area contributed by atoms with Crippen molar-refractivity contribution in [1.82, 2.24) is 0 Å². The first-order chi connectivity index (χ1) is 8.15. The smallest absolute Gasteiger partial charge is 0.120 e. The van der Waals surface area contributed by atoms with Gasteiger partial charge in [0, 0.05) is 12.1 Å². The molecule has 0 heterocycles. The van der Waals surface area contributed by atoms with Crippen molar-refractivity contribution in [3.63, 3.8) is 0 Å². The van der Waals surface area contributed by atoms with E-state index in [4.69, 9.17) is 21.1 Å². The zero-order valence-electron chi connectivity index (χ0n) is 11.4. The normalized spacial score (nSPS) is 9.82. The number of halogens is 1. The summed E-state index contributed by atoms with van der Waals surface area (Å²) in [6.45, 7) is 9.37. The number of hydrogen-bond acceptors (Lipinski definition) is 2. The quantitative estimate of drug-likeness (QED) is 0.724. The van der Waals surface area contributed by atoms with Gasteiger partial charge in [-0.15, -0.1) is 0 Å². The van der Waals surface area contributed by atoms with E-state index in [2.05, 4.69) is 13.8 Å². The van der Waals surface area contributed by atoms with Crippen molar-refractivity contribution in [2.75, 3.05) is 20.3 Å². The molecule has 0 fully saturated rings. The standard InChI is InChI=1S/C12H17ClO2.C2H6/c1-9(2)11-5-4-10(8-12(11)13)15-7-6-14-3;1-2/h4-5,8-9H,6-7H2,1-3H3;1-2H3. The maximum Gasteiger partial charge on any atom is 0.120 e. The molecule has 0 aliphatic rings. The van der Waals surface area contributed by atoms with Crippen LogP contribution in [0.1, 0.15) is 39.2 Å². The van der Waals surface area contributed by atoms with Crippen molar-refractivity contribution in [3.8, 4) is 5.75 Å². The molecule has 1 rings (SSSR count). The largest absolute Gasteiger partial charge is 0.491 e. The Balaban J connectivity index is 0.00000121. The Morgan fingerprint density at radius 3 is 2.29 bits per heavy atom. The molecular formula is C14H23ClO2. The van der Waals surface area contributed by atoms with Gasteiger partial charge in [-0.1, -0.05) is 45.4 Å². The van der Waals surface area contributed by atoms with Crippen molar-refractivity contribution in [1.29, 1.82) is 0 Å². The molecule has 0 N–H and O–H groups in total. The molecule has 0 bridgehead atoms. The van der Waals surface area contributed by atoms with Crippen LogP contribution in [0.4, 0.5) is 0 Å². The minimum Gasteiger partial charge on any atom is -0.491 e. The molecule has 3 heteroatoms. The number of methoxy groups -OCH3 is 1. The van der Waals surface area contributed by atoms with Crippen molar-refractivity contribution < 1.29 is 9.47 Å². The topological polar surface area (TPSA) is 18.5 Å². The lowest BCUT2D eigenvalue weighted by atomic mass is 10.0. The van der Waals surface area contributed by atoms with Gasteiger partial charge < -0.3 is 9.47 Å². The summed E-state index contributed by atoms with van der Waals surface area (Å²) in [4.78, 5) is 0. The molecule has 0 spiro atoms. The second kappa shape index (κ2) is 9.32. The van der Waals surface area contributed by atoms with E-state index in [0.29, 0.717) is 19.1 Å². The average Bonchev–Trinajstić information content (AvgIpc) is 2.31. The summed E-state index contributed by atoms with van der Waals surface area (Å²) in [7, 11) is 1.65. The van der Waals surface area contributed by atoms with Crippen molar-refractivity contribution >= 4 is 11.6 Å². The molecule has 0 atom stereocenters. The zero-order chi connectivity index (χ0) is 13.3. The number of hydrogen-bond donors (Lipinski definition) is 0. The van der Waals surface area contributed by atoms with Gasteiger partial charge in [-0.05, 0) is 23.6 Å². The average molecular weight is 259 g/mol. The summed E-state index contributed by atoms with van der Waals surface area (Å²) in [5, 5.41) is 0.764. The van der Waals surface area contributed by atoms with E-state index in [9.17, 15) is 0 Å². The van der Waals surface area contributed by atoms with E-state index in [1.54, 1.807) is 7.11 Å². The van der Waals surface area contributed by atoms with E-state index < -0.39 is 0 Å². The molecule has 0 amide bonds. The Labute approximate surface area is 110 Å². The van der Waals surface area contributed by atoms with E-state index in [1.165, 1.54) is 0 Å². The lowest BCUT2D eigenvalue weighted by molar-refractivity contribution is 0.146. The van der Waals surface area contributed by atoms with Gasteiger partial charge >= 0.3 is 0 Å². The Kier molecular flexibility index (Phi) is 8.92. The van der Waals surface area contributed by atoms with Crippen LogP contribution < -0.4 is 4.74 Å². The Bertz CT molecular complexity index is 311. The van der Waals surface area contributed by atoms with Crippen LogP contribution in [-0.2, 0) is 4.74 Å². The highest BCUT2D eigenvalue weighted by atomic mass is 35.5. The van der Waals surface area contributed by atoms with Crippen LogP contribution in [0.3, 0.4) is 0 Å². The van der Waals surface area contributed by atoms with Crippen LogP contribution in [0.5, 0.6) is 5.75 Å². The van der Waals surface area contributed by atoms with Gasteiger partial charge in [-0.2, -0.15) is 0 Å². The highest BCUT2D eigenvalue weighted by molar-refractivity contribution is 6.31. The van der Waals surface area contributed by atoms with Crippen LogP contribution in [0, 0.1) is 0 Å². The summed E-state index contributed by atoms with van der Waals surface area (Å²) in [6.07, 6.45) is 0. The fourth-order valence-electron chi connectivity index (χ4n) is 1.31. The first-order valence-corrected chi connectivity index (χ1v) is 6.44. The molecule has 1 aromatic carbocycles. The SMILES string of the molecule is CC.COCCOc1ccc(C(C)C)c(Cl)c1. The Hall–Kier alpha value is -0.730. The molecule has 2 nitrogen and oxygen atoms in total. The molecule has 1 aromatic rings. The lowest BCUT2D eigenvalue weighted by Gasteiger charge is -2.10. The van der Waals surface area contributed by atoms with E-state index in [1.807, 2.05) is 32.0 Å². The summed E-state index contributed by atoms with van der Waals surface area (Å²) in [6, 6.07) is 5.80. The predicted octanol–water partition coefficient (Wildman–Crippen LogP) is 4.51. The Morgan fingerprint density at radius 1 is 1.18 bits per heavy atom. The molecule has 0 aromatic heterocycles. The fourth-order valence-corrected chi connectivity index (χ4v) is 1.70. The highest BCUT2D eigenvalue weighted by Gasteiger charge is 2.05. The van der Waals surface area contributed by atoms with E-state index in [-0.39, 0.29) is 0 Å². The van der Waals surface area contributed by atoms with Crippen LogP contribution in [-0.4, -0.2) is 20.3 Å². The first kappa shape index (κ1) is 16.3. The molecule has 0 saturated heterocycles. The van der Waals surface area contributed by atoms with Gasteiger partial charge in [-0.25, -0.2) is 0 Å². The summed E-state index contributed by atoms with van der Waals surface area (Å²) in [5.41, 5.74) is 1.15. The van der Waals surface area contributed by atoms with Gasteiger partial charge in [0.15, 0.2) is 0 Å². The zero-order valence-corrected chi connectivity index (χ0v) is 12.2. The van der Waals surface area contributed by atoms with Gasteiger partial charge in [0.25, 0.3) is 0 Å². The maximum atomic E-state index is 6.13. The molecule has 0 radical (unpaired) electrons. The molecule has 17 heavy (non-hydrogen) atoms. The summed E-state index contributed by atoms with van der Waals surface area (Å²) in [5.74, 6) is 1.23. The molecule has 0 saturated carbocycles. The molecule has 0 aliphatic heterocycles. The maximum absolute atomic E-state index is 6.13. The Morgan fingerprint density at radius 2 is 1.82 bits per heavy atom. The second-order valence-electron chi connectivity index (χ2n) is 3.68. The molecule has 0 unspecified atom stereocenters. The van der Waals surface area contributed by atoms with Gasteiger partial charge in [0.1, 0.15) is 12.4 Å². The van der Waals surface area contributed by atoms with Crippen LogP contribution in [0.25, 0.3) is 0 Å². The fraction of sp³-hybridized carbons (Fsp3) is 0.571.